The number of hydrogen-bond donors (Lipinski definition) is 0. The zero-order valence-corrected chi connectivity index (χ0v) is 18.9. The van der Waals surface area contributed by atoms with E-state index >= 15 is 0 Å². The molecular formula is C24H29F3N4O2. The Hall–Kier alpha value is -2.68. The van der Waals surface area contributed by atoms with Crippen molar-refractivity contribution in [2.45, 2.75) is 57.9 Å². The van der Waals surface area contributed by atoms with Gasteiger partial charge >= 0.3 is 6.18 Å². The van der Waals surface area contributed by atoms with Crippen molar-refractivity contribution in [1.82, 2.24) is 19.8 Å². The van der Waals surface area contributed by atoms with E-state index in [9.17, 15) is 18.0 Å². The fourth-order valence-corrected chi connectivity index (χ4v) is 4.76. The van der Waals surface area contributed by atoms with E-state index in [-0.39, 0.29) is 17.9 Å². The highest BCUT2D eigenvalue weighted by atomic mass is 19.4. The minimum absolute atomic E-state index is 0.0521. The van der Waals surface area contributed by atoms with Gasteiger partial charge in [-0.15, -0.1) is 0 Å². The number of piperidine rings is 2. The van der Waals surface area contributed by atoms with Gasteiger partial charge in [-0.2, -0.15) is 13.2 Å². The Morgan fingerprint density at radius 3 is 2.27 bits per heavy atom. The highest BCUT2D eigenvalue weighted by Crippen LogP contribution is 2.30. The van der Waals surface area contributed by atoms with Gasteiger partial charge in [0.1, 0.15) is 6.10 Å². The van der Waals surface area contributed by atoms with Gasteiger partial charge < -0.3 is 9.64 Å². The van der Waals surface area contributed by atoms with E-state index in [0.29, 0.717) is 11.6 Å². The summed E-state index contributed by atoms with van der Waals surface area (Å²) in [7, 11) is 0. The molecule has 0 bridgehead atoms. The summed E-state index contributed by atoms with van der Waals surface area (Å²) in [5.74, 6) is 0.293. The van der Waals surface area contributed by atoms with Crippen LogP contribution >= 0.6 is 0 Å². The number of hydrogen-bond acceptors (Lipinski definition) is 5. The zero-order chi connectivity index (χ0) is 23.6. The molecule has 0 N–H and O–H groups in total. The molecule has 2 fully saturated rings. The number of rotatable bonds is 4. The normalized spacial score (nSPS) is 19.0. The second-order valence-electron chi connectivity index (χ2n) is 8.85. The first kappa shape index (κ1) is 23.5. The fraction of sp³-hybridized carbons (Fsp3) is 0.542. The Morgan fingerprint density at radius 2 is 1.70 bits per heavy atom. The summed E-state index contributed by atoms with van der Waals surface area (Å²) in [4.78, 5) is 25.5. The molecule has 33 heavy (non-hydrogen) atoms. The maximum Gasteiger partial charge on any atom is 0.417 e. The number of alkyl halides is 3. The quantitative estimate of drug-likeness (QED) is 0.680. The third kappa shape index (κ3) is 5.46. The highest BCUT2D eigenvalue weighted by Gasteiger charge is 2.32. The molecule has 2 aliphatic heterocycles. The predicted octanol–water partition coefficient (Wildman–Crippen LogP) is 4.26. The van der Waals surface area contributed by atoms with E-state index in [0.717, 1.165) is 75.4 Å². The van der Waals surface area contributed by atoms with E-state index in [1.807, 2.05) is 24.8 Å². The number of carbonyl (C=O) groups is 1. The minimum Gasteiger partial charge on any atom is -0.474 e. The van der Waals surface area contributed by atoms with Crippen LogP contribution in [-0.4, -0.2) is 64.0 Å². The van der Waals surface area contributed by atoms with Crippen LogP contribution in [0.5, 0.6) is 5.88 Å². The number of aryl methyl sites for hydroxylation is 2. The average molecular weight is 463 g/mol. The van der Waals surface area contributed by atoms with Crippen LogP contribution in [-0.2, 0) is 6.18 Å². The molecule has 6 nitrogen and oxygen atoms in total. The van der Waals surface area contributed by atoms with Gasteiger partial charge in [0.15, 0.2) is 0 Å². The van der Waals surface area contributed by atoms with Crippen molar-refractivity contribution in [1.29, 1.82) is 0 Å². The Morgan fingerprint density at radius 1 is 1.00 bits per heavy atom. The summed E-state index contributed by atoms with van der Waals surface area (Å²) >= 11 is 0. The Bertz CT molecular complexity index is 944. The first-order chi connectivity index (χ1) is 15.7. The van der Waals surface area contributed by atoms with E-state index in [1.165, 1.54) is 6.07 Å². The van der Waals surface area contributed by atoms with Crippen LogP contribution in [0.3, 0.4) is 0 Å². The second kappa shape index (κ2) is 9.67. The standard InChI is InChI=1S/C24H29F3N4O2/c1-16-5-10-28-17(2)22(16)23(32)31-11-6-19(7-12-31)30-13-8-20(9-14-30)33-21-4-3-18(15-29-21)24(25,26)27/h3-5,10,15,19-20H,6-9,11-14H2,1-2H3. The van der Waals surface area contributed by atoms with Crippen LogP contribution in [0, 0.1) is 13.8 Å². The number of pyridine rings is 2. The molecule has 2 saturated heterocycles. The smallest absolute Gasteiger partial charge is 0.417 e. The van der Waals surface area contributed by atoms with Gasteiger partial charge in [0.05, 0.1) is 16.8 Å². The van der Waals surface area contributed by atoms with E-state index in [2.05, 4.69) is 14.9 Å². The lowest BCUT2D eigenvalue weighted by atomic mass is 9.97. The lowest BCUT2D eigenvalue weighted by molar-refractivity contribution is -0.137. The van der Waals surface area contributed by atoms with Crippen LogP contribution in [0.4, 0.5) is 13.2 Å². The lowest BCUT2D eigenvalue weighted by Crippen LogP contribution is -2.50. The minimum atomic E-state index is -4.40. The second-order valence-corrected chi connectivity index (χ2v) is 8.85. The summed E-state index contributed by atoms with van der Waals surface area (Å²) in [6.45, 7) is 7.00. The third-order valence-electron chi connectivity index (χ3n) is 6.66. The Kier molecular flexibility index (Phi) is 6.88. The number of nitrogens with zero attached hydrogens (tertiary/aromatic N) is 4. The maximum atomic E-state index is 13.0. The van der Waals surface area contributed by atoms with Gasteiger partial charge in [-0.1, -0.05) is 0 Å². The lowest BCUT2D eigenvalue weighted by Gasteiger charge is -2.41. The van der Waals surface area contributed by atoms with E-state index in [1.54, 1.807) is 6.20 Å². The van der Waals surface area contributed by atoms with Crippen LogP contribution in [0.15, 0.2) is 30.6 Å². The van der Waals surface area contributed by atoms with E-state index < -0.39 is 11.7 Å². The van der Waals surface area contributed by atoms with Crippen molar-refractivity contribution in [3.63, 3.8) is 0 Å². The topological polar surface area (TPSA) is 58.6 Å². The van der Waals surface area contributed by atoms with Crippen molar-refractivity contribution in [2.24, 2.45) is 0 Å². The van der Waals surface area contributed by atoms with Crippen molar-refractivity contribution in [3.8, 4) is 5.88 Å². The van der Waals surface area contributed by atoms with Crippen molar-refractivity contribution in [3.05, 3.63) is 53.0 Å². The Labute approximate surface area is 191 Å². The zero-order valence-electron chi connectivity index (χ0n) is 18.9. The van der Waals surface area contributed by atoms with Crippen LogP contribution in [0.1, 0.15) is 52.9 Å². The first-order valence-electron chi connectivity index (χ1n) is 11.4. The molecule has 9 heteroatoms. The fourth-order valence-electron chi connectivity index (χ4n) is 4.76. The Balaban J connectivity index is 1.25. The maximum absolute atomic E-state index is 13.0. The summed E-state index contributed by atoms with van der Waals surface area (Å²) in [5.41, 5.74) is 1.67. The third-order valence-corrected chi connectivity index (χ3v) is 6.66. The van der Waals surface area contributed by atoms with Crippen molar-refractivity contribution in [2.75, 3.05) is 26.2 Å². The number of likely N-dealkylation sites (tertiary alicyclic amines) is 2. The summed E-state index contributed by atoms with van der Waals surface area (Å²) in [5, 5.41) is 0. The predicted molar refractivity (Wildman–Crippen MR) is 117 cm³/mol. The molecule has 0 spiro atoms. The molecule has 4 rings (SSSR count). The first-order valence-corrected chi connectivity index (χ1v) is 11.4. The molecule has 4 heterocycles. The summed E-state index contributed by atoms with van der Waals surface area (Å²) < 4.78 is 43.8. The van der Waals surface area contributed by atoms with Crippen molar-refractivity contribution < 1.29 is 22.7 Å². The molecule has 1 amide bonds. The molecule has 0 saturated carbocycles. The monoisotopic (exact) mass is 462 g/mol. The number of aromatic nitrogens is 2. The molecular weight excluding hydrogens is 433 g/mol. The number of carbonyl (C=O) groups excluding carboxylic acids is 1. The van der Waals surface area contributed by atoms with Crippen LogP contribution in [0.2, 0.25) is 0 Å². The van der Waals surface area contributed by atoms with Gasteiger partial charge in [0.2, 0.25) is 5.88 Å². The molecule has 178 valence electrons. The SMILES string of the molecule is Cc1ccnc(C)c1C(=O)N1CCC(N2CCC(Oc3ccc(C(F)(F)F)cn3)CC2)CC1. The molecule has 2 aliphatic rings. The van der Waals surface area contributed by atoms with Crippen LogP contribution in [0.25, 0.3) is 0 Å². The van der Waals surface area contributed by atoms with Gasteiger partial charge in [0.25, 0.3) is 5.91 Å². The van der Waals surface area contributed by atoms with E-state index in [4.69, 9.17) is 4.74 Å². The molecule has 0 unspecified atom stereocenters. The molecule has 0 aliphatic carbocycles. The average Bonchev–Trinajstić information content (AvgIpc) is 2.79. The molecule has 0 aromatic carbocycles. The molecule has 0 radical (unpaired) electrons. The number of halogens is 3. The summed E-state index contributed by atoms with van der Waals surface area (Å²) in [6.07, 6.45) is 1.55. The van der Waals surface area contributed by atoms with Crippen molar-refractivity contribution >= 4 is 5.91 Å². The molecule has 2 aromatic heterocycles. The van der Waals surface area contributed by atoms with Gasteiger partial charge in [0, 0.05) is 50.7 Å². The number of amides is 1. The highest BCUT2D eigenvalue weighted by molar-refractivity contribution is 5.96. The summed E-state index contributed by atoms with van der Waals surface area (Å²) in [6, 6.07) is 4.59. The van der Waals surface area contributed by atoms with Gasteiger partial charge in [-0.05, 0) is 57.2 Å². The van der Waals surface area contributed by atoms with Gasteiger partial charge in [-0.3, -0.25) is 14.7 Å². The van der Waals surface area contributed by atoms with Crippen LogP contribution < -0.4 is 4.74 Å². The largest absolute Gasteiger partial charge is 0.474 e. The number of ether oxygens (including phenoxy) is 1. The molecule has 0 atom stereocenters. The van der Waals surface area contributed by atoms with Gasteiger partial charge in [-0.25, -0.2) is 4.98 Å². The molecule has 2 aromatic rings.